The van der Waals surface area contributed by atoms with E-state index in [4.69, 9.17) is 4.74 Å². The summed E-state index contributed by atoms with van der Waals surface area (Å²) in [4.78, 5) is 31.5. The Morgan fingerprint density at radius 2 is 1.75 bits per heavy atom. The van der Waals surface area contributed by atoms with E-state index in [0.29, 0.717) is 28.3 Å². The Labute approximate surface area is 183 Å². The maximum atomic E-state index is 13.8. The fraction of sp³-hybridized carbons (Fsp3) is 0.375. The van der Waals surface area contributed by atoms with Crippen molar-refractivity contribution in [1.82, 2.24) is 0 Å². The van der Waals surface area contributed by atoms with Gasteiger partial charge < -0.3 is 4.74 Å². The number of methoxy groups -OCH3 is 1. The molecule has 0 bridgehead atoms. The molecule has 0 radical (unpaired) electrons. The lowest BCUT2D eigenvalue weighted by Gasteiger charge is -2.41. The Morgan fingerprint density at radius 3 is 2.38 bits per heavy atom. The summed E-state index contributed by atoms with van der Waals surface area (Å²) >= 11 is 0. The second kappa shape index (κ2) is 7.76. The molecule has 2 aromatic rings. The predicted octanol–water partition coefficient (Wildman–Crippen LogP) is 5.42. The van der Waals surface area contributed by atoms with Gasteiger partial charge in [-0.2, -0.15) is 13.2 Å². The highest BCUT2D eigenvalue weighted by Crippen LogP contribution is 2.49. The topological polar surface area (TPSA) is 59.0 Å². The van der Waals surface area contributed by atoms with Crippen LogP contribution in [0.3, 0.4) is 0 Å². The molecule has 168 valence electrons. The van der Waals surface area contributed by atoms with Crippen molar-refractivity contribution in [3.63, 3.8) is 0 Å². The van der Waals surface area contributed by atoms with Crippen molar-refractivity contribution in [3.05, 3.63) is 54.1 Å². The molecule has 0 saturated heterocycles. The highest BCUT2D eigenvalue weighted by molar-refractivity contribution is 6.13. The van der Waals surface area contributed by atoms with Crippen LogP contribution in [0.1, 0.15) is 38.3 Å². The first-order valence-corrected chi connectivity index (χ1v) is 10.3. The normalized spacial score (nSPS) is 22.4. The van der Waals surface area contributed by atoms with Gasteiger partial charge in [0.15, 0.2) is 0 Å². The molecular weight excluding hydrogens is 421 g/mol. The monoisotopic (exact) mass is 444 g/mol. The average Bonchev–Trinajstić information content (AvgIpc) is 2.86. The van der Waals surface area contributed by atoms with E-state index in [1.807, 2.05) is 13.8 Å². The SMILES string of the molecule is COc1ccc(C2C3C(=O)CC(C)(C)CC3=Nc3ccccc3N2C(=O)C(F)(F)F)cc1. The molecule has 1 aliphatic heterocycles. The highest BCUT2D eigenvalue weighted by atomic mass is 19.4. The second-order valence-corrected chi connectivity index (χ2v) is 8.94. The Morgan fingerprint density at radius 1 is 1.09 bits per heavy atom. The van der Waals surface area contributed by atoms with E-state index in [9.17, 15) is 22.8 Å². The van der Waals surface area contributed by atoms with Crippen LogP contribution in [0.5, 0.6) is 5.75 Å². The largest absolute Gasteiger partial charge is 0.497 e. The smallest absolute Gasteiger partial charge is 0.471 e. The number of hydrogen-bond donors (Lipinski definition) is 0. The Kier molecular flexibility index (Phi) is 5.35. The maximum absolute atomic E-state index is 13.8. The lowest BCUT2D eigenvalue weighted by atomic mass is 9.68. The minimum Gasteiger partial charge on any atom is -0.497 e. The molecule has 1 amide bonds. The van der Waals surface area contributed by atoms with Crippen molar-refractivity contribution in [2.45, 2.75) is 38.9 Å². The summed E-state index contributed by atoms with van der Waals surface area (Å²) in [7, 11) is 1.48. The van der Waals surface area contributed by atoms with Crippen molar-refractivity contribution in [3.8, 4) is 5.75 Å². The third kappa shape index (κ3) is 3.89. The van der Waals surface area contributed by atoms with Crippen LogP contribution in [0.25, 0.3) is 0 Å². The number of hydrogen-bond acceptors (Lipinski definition) is 4. The quantitative estimate of drug-likeness (QED) is 0.621. The second-order valence-electron chi connectivity index (χ2n) is 8.94. The molecule has 0 N–H and O–H groups in total. The summed E-state index contributed by atoms with van der Waals surface area (Å²) in [5.41, 5.74) is 0.798. The number of alkyl halides is 3. The number of nitrogens with zero attached hydrogens (tertiary/aromatic N) is 2. The third-order valence-corrected chi connectivity index (χ3v) is 5.94. The Balaban J connectivity index is 1.99. The minimum atomic E-state index is -5.13. The van der Waals surface area contributed by atoms with Crippen molar-refractivity contribution in [1.29, 1.82) is 0 Å². The highest BCUT2D eigenvalue weighted by Gasteiger charge is 2.52. The van der Waals surface area contributed by atoms with Crippen LogP contribution in [-0.4, -0.2) is 30.7 Å². The number of ether oxygens (including phenoxy) is 1. The Bertz CT molecular complexity index is 1090. The van der Waals surface area contributed by atoms with E-state index in [-0.39, 0.29) is 29.0 Å². The van der Waals surface area contributed by atoms with Gasteiger partial charge in [0, 0.05) is 12.1 Å². The molecule has 32 heavy (non-hydrogen) atoms. The molecule has 2 aliphatic rings. The molecule has 2 aromatic carbocycles. The number of rotatable bonds is 2. The van der Waals surface area contributed by atoms with Gasteiger partial charge in [-0.15, -0.1) is 0 Å². The molecule has 1 aliphatic carbocycles. The standard InChI is InChI=1S/C24H23F3N2O3/c1-23(2)12-17-20(19(30)13-23)21(14-8-10-15(32-3)11-9-14)29(22(31)24(25,26)27)18-7-5-4-6-16(18)28-17/h4-11,20-21H,12-13H2,1-3H3. The number of carbonyl (C=O) groups excluding carboxylic acids is 2. The van der Waals surface area contributed by atoms with Crippen LogP contribution >= 0.6 is 0 Å². The lowest BCUT2D eigenvalue weighted by Crippen LogP contribution is -2.50. The van der Waals surface area contributed by atoms with Crippen molar-refractivity contribution in [2.24, 2.45) is 16.3 Å². The molecule has 0 aromatic heterocycles. The van der Waals surface area contributed by atoms with Crippen LogP contribution in [0.4, 0.5) is 24.5 Å². The minimum absolute atomic E-state index is 0.0307. The van der Waals surface area contributed by atoms with Gasteiger partial charge >= 0.3 is 12.1 Å². The van der Waals surface area contributed by atoms with Gasteiger partial charge in [0.2, 0.25) is 0 Å². The van der Waals surface area contributed by atoms with Gasteiger partial charge in [0.1, 0.15) is 11.5 Å². The molecule has 2 atom stereocenters. The number of halogens is 3. The summed E-state index contributed by atoms with van der Waals surface area (Å²) in [6.45, 7) is 3.86. The van der Waals surface area contributed by atoms with Crippen LogP contribution in [0.2, 0.25) is 0 Å². The molecular formula is C24H23F3N2O3. The third-order valence-electron chi connectivity index (χ3n) is 5.94. The van der Waals surface area contributed by atoms with E-state index in [2.05, 4.69) is 4.99 Å². The van der Waals surface area contributed by atoms with E-state index in [0.717, 1.165) is 0 Å². The fourth-order valence-corrected chi connectivity index (χ4v) is 4.63. The number of aliphatic imine (C=N–C) groups is 1. The van der Waals surface area contributed by atoms with Crippen LogP contribution < -0.4 is 9.64 Å². The summed E-state index contributed by atoms with van der Waals surface area (Å²) in [5, 5.41) is 0. The summed E-state index contributed by atoms with van der Waals surface area (Å²) in [5.74, 6) is -2.72. The molecule has 2 unspecified atom stereocenters. The van der Waals surface area contributed by atoms with Gasteiger partial charge in [0.25, 0.3) is 0 Å². The van der Waals surface area contributed by atoms with Crippen molar-refractivity contribution in [2.75, 3.05) is 12.0 Å². The molecule has 0 spiro atoms. The predicted molar refractivity (Wildman–Crippen MR) is 114 cm³/mol. The van der Waals surface area contributed by atoms with E-state index in [1.54, 1.807) is 42.5 Å². The summed E-state index contributed by atoms with van der Waals surface area (Å²) in [6, 6.07) is 11.4. The Hall–Kier alpha value is -3.16. The fourth-order valence-electron chi connectivity index (χ4n) is 4.63. The zero-order chi connectivity index (χ0) is 23.3. The number of carbonyl (C=O) groups is 2. The molecule has 1 heterocycles. The van der Waals surface area contributed by atoms with E-state index < -0.39 is 24.0 Å². The molecule has 4 rings (SSSR count). The number of Topliss-reactive ketones (excluding diaryl/α,β-unsaturated/α-hetero) is 1. The zero-order valence-corrected chi connectivity index (χ0v) is 17.9. The van der Waals surface area contributed by atoms with Crippen molar-refractivity contribution >= 4 is 28.8 Å². The first-order valence-electron chi connectivity index (χ1n) is 10.3. The molecule has 5 nitrogen and oxygen atoms in total. The van der Waals surface area contributed by atoms with Crippen LogP contribution in [-0.2, 0) is 9.59 Å². The van der Waals surface area contributed by atoms with Crippen molar-refractivity contribution < 1.29 is 27.5 Å². The lowest BCUT2D eigenvalue weighted by molar-refractivity contribution is -0.171. The molecule has 1 saturated carbocycles. The number of para-hydroxylation sites is 2. The summed E-state index contributed by atoms with van der Waals surface area (Å²) in [6.07, 6.45) is -4.49. The van der Waals surface area contributed by atoms with Gasteiger partial charge in [-0.05, 0) is 41.7 Å². The number of benzene rings is 2. The molecule has 8 heteroatoms. The summed E-state index contributed by atoms with van der Waals surface area (Å²) < 4.78 is 46.5. The van der Waals surface area contributed by atoms with E-state index in [1.165, 1.54) is 13.2 Å². The van der Waals surface area contributed by atoms with Gasteiger partial charge in [0.05, 0.1) is 30.4 Å². The van der Waals surface area contributed by atoms with E-state index >= 15 is 0 Å². The number of ketones is 1. The van der Waals surface area contributed by atoms with Gasteiger partial charge in [-0.3, -0.25) is 19.5 Å². The van der Waals surface area contributed by atoms with Crippen LogP contribution in [0, 0.1) is 11.3 Å². The molecule has 1 fully saturated rings. The first kappa shape index (κ1) is 22.0. The van der Waals surface area contributed by atoms with Gasteiger partial charge in [-0.1, -0.05) is 38.1 Å². The number of amides is 1. The maximum Gasteiger partial charge on any atom is 0.471 e. The van der Waals surface area contributed by atoms with Gasteiger partial charge in [-0.25, -0.2) is 0 Å². The number of anilines is 1. The zero-order valence-electron chi connectivity index (χ0n) is 17.9. The van der Waals surface area contributed by atoms with Crippen LogP contribution in [0.15, 0.2) is 53.5 Å². The average molecular weight is 444 g/mol. The number of fused-ring (bicyclic) bond motifs is 2. The first-order chi connectivity index (χ1) is 15.0.